The second-order valence-corrected chi connectivity index (χ2v) is 3.78. The van der Waals surface area contributed by atoms with E-state index in [4.69, 9.17) is 0 Å². The summed E-state index contributed by atoms with van der Waals surface area (Å²) < 4.78 is 1.75. The summed E-state index contributed by atoms with van der Waals surface area (Å²) in [6.45, 7) is 13.4. The van der Waals surface area contributed by atoms with Gasteiger partial charge in [-0.1, -0.05) is 27.7 Å². The number of hydrogen-bond donors (Lipinski definition) is 1. The summed E-state index contributed by atoms with van der Waals surface area (Å²) in [5.41, 5.74) is 1.63. The van der Waals surface area contributed by atoms with E-state index in [9.17, 15) is 4.79 Å². The lowest BCUT2D eigenvalue weighted by molar-refractivity contribution is 0.0945. The Bertz CT molecular complexity index is 342. The molecule has 98 valence electrons. The van der Waals surface area contributed by atoms with Gasteiger partial charge >= 0.3 is 0 Å². The Morgan fingerprint density at radius 3 is 2.41 bits per heavy atom. The molecule has 0 saturated carbocycles. The molecule has 0 aliphatic rings. The maximum absolute atomic E-state index is 11.7. The van der Waals surface area contributed by atoms with Gasteiger partial charge < -0.3 is 5.32 Å². The number of rotatable bonds is 4. The predicted octanol–water partition coefficient (Wildman–Crippen LogP) is 2.80. The third-order valence-electron chi connectivity index (χ3n) is 2.26. The maximum atomic E-state index is 11.7. The van der Waals surface area contributed by atoms with E-state index in [1.165, 1.54) is 0 Å². The SMILES string of the molecule is CC.CCNC(=O)c1cc(C(C)C)nn1CC. The van der Waals surface area contributed by atoms with Gasteiger partial charge in [-0.25, -0.2) is 0 Å². The van der Waals surface area contributed by atoms with Crippen molar-refractivity contribution in [2.24, 2.45) is 0 Å². The molecule has 1 amide bonds. The van der Waals surface area contributed by atoms with Crippen LogP contribution in [0.2, 0.25) is 0 Å². The molecule has 0 saturated heterocycles. The van der Waals surface area contributed by atoms with Crippen LogP contribution in [-0.4, -0.2) is 22.2 Å². The Labute approximate surface area is 104 Å². The van der Waals surface area contributed by atoms with E-state index < -0.39 is 0 Å². The highest BCUT2D eigenvalue weighted by Gasteiger charge is 2.14. The third-order valence-corrected chi connectivity index (χ3v) is 2.26. The van der Waals surface area contributed by atoms with Gasteiger partial charge in [-0.3, -0.25) is 9.48 Å². The molecule has 0 atom stereocenters. The van der Waals surface area contributed by atoms with Crippen molar-refractivity contribution in [3.63, 3.8) is 0 Å². The minimum Gasteiger partial charge on any atom is -0.351 e. The van der Waals surface area contributed by atoms with Crippen LogP contribution in [0.4, 0.5) is 0 Å². The standard InChI is InChI=1S/C11H19N3O.C2H6/c1-5-12-11(15)10-7-9(8(3)4)13-14(10)6-2;1-2/h7-8H,5-6H2,1-4H3,(H,12,15);1-2H3. The summed E-state index contributed by atoms with van der Waals surface area (Å²) in [4.78, 5) is 11.7. The summed E-state index contributed by atoms with van der Waals surface area (Å²) in [7, 11) is 0. The van der Waals surface area contributed by atoms with Crippen molar-refractivity contribution in [1.82, 2.24) is 15.1 Å². The van der Waals surface area contributed by atoms with Crippen molar-refractivity contribution in [2.45, 2.75) is 54.0 Å². The zero-order valence-electron chi connectivity index (χ0n) is 11.9. The second kappa shape index (κ2) is 7.87. The molecular weight excluding hydrogens is 214 g/mol. The zero-order chi connectivity index (χ0) is 13.4. The lowest BCUT2D eigenvalue weighted by Crippen LogP contribution is -2.25. The highest BCUT2D eigenvalue weighted by molar-refractivity contribution is 5.92. The largest absolute Gasteiger partial charge is 0.351 e. The normalized spacial score (nSPS) is 9.82. The Morgan fingerprint density at radius 1 is 1.41 bits per heavy atom. The summed E-state index contributed by atoms with van der Waals surface area (Å²) in [6.07, 6.45) is 0. The van der Waals surface area contributed by atoms with Crippen molar-refractivity contribution >= 4 is 5.91 Å². The van der Waals surface area contributed by atoms with Crippen LogP contribution in [0.25, 0.3) is 0 Å². The van der Waals surface area contributed by atoms with Gasteiger partial charge in [-0.05, 0) is 25.8 Å². The van der Waals surface area contributed by atoms with Crippen LogP contribution in [0.1, 0.15) is 63.6 Å². The van der Waals surface area contributed by atoms with Crippen LogP contribution in [0.15, 0.2) is 6.07 Å². The average molecular weight is 239 g/mol. The van der Waals surface area contributed by atoms with Crippen LogP contribution in [-0.2, 0) is 6.54 Å². The Hall–Kier alpha value is -1.32. The van der Waals surface area contributed by atoms with E-state index in [-0.39, 0.29) is 5.91 Å². The molecule has 0 aliphatic carbocycles. The van der Waals surface area contributed by atoms with Crippen LogP contribution < -0.4 is 5.32 Å². The quantitative estimate of drug-likeness (QED) is 0.878. The van der Waals surface area contributed by atoms with Crippen molar-refractivity contribution in [2.75, 3.05) is 6.54 Å². The van der Waals surface area contributed by atoms with Gasteiger partial charge in [0, 0.05) is 13.1 Å². The Balaban J connectivity index is 0.00000121. The summed E-state index contributed by atoms with van der Waals surface area (Å²) in [6, 6.07) is 1.87. The summed E-state index contributed by atoms with van der Waals surface area (Å²) in [5.74, 6) is 0.310. The number of aryl methyl sites for hydroxylation is 1. The average Bonchev–Trinajstić information content (AvgIpc) is 2.76. The van der Waals surface area contributed by atoms with Gasteiger partial charge in [-0.2, -0.15) is 5.10 Å². The number of aromatic nitrogens is 2. The highest BCUT2D eigenvalue weighted by Crippen LogP contribution is 2.14. The number of amides is 1. The molecule has 0 bridgehead atoms. The molecule has 0 fully saturated rings. The van der Waals surface area contributed by atoms with E-state index in [1.54, 1.807) is 4.68 Å². The molecule has 0 radical (unpaired) electrons. The fourth-order valence-corrected chi connectivity index (χ4v) is 1.39. The first-order valence-corrected chi connectivity index (χ1v) is 6.46. The molecule has 0 aliphatic heterocycles. The molecule has 1 N–H and O–H groups in total. The van der Waals surface area contributed by atoms with Gasteiger partial charge in [-0.15, -0.1) is 0 Å². The van der Waals surface area contributed by atoms with E-state index >= 15 is 0 Å². The predicted molar refractivity (Wildman–Crippen MR) is 71.3 cm³/mol. The molecule has 1 aromatic heterocycles. The van der Waals surface area contributed by atoms with Crippen LogP contribution in [0, 0.1) is 0 Å². The van der Waals surface area contributed by atoms with Gasteiger partial charge in [0.25, 0.3) is 5.91 Å². The number of hydrogen-bond acceptors (Lipinski definition) is 2. The van der Waals surface area contributed by atoms with Gasteiger partial charge in [0.1, 0.15) is 5.69 Å². The maximum Gasteiger partial charge on any atom is 0.269 e. The van der Waals surface area contributed by atoms with Crippen LogP contribution in [0.3, 0.4) is 0 Å². The Kier molecular flexibility index (Phi) is 7.26. The molecule has 1 rings (SSSR count). The monoisotopic (exact) mass is 239 g/mol. The first kappa shape index (κ1) is 15.7. The molecule has 0 unspecified atom stereocenters. The van der Waals surface area contributed by atoms with Crippen molar-refractivity contribution < 1.29 is 4.79 Å². The minimum absolute atomic E-state index is 0.0428. The van der Waals surface area contributed by atoms with E-state index in [0.717, 1.165) is 12.2 Å². The minimum atomic E-state index is -0.0428. The molecule has 17 heavy (non-hydrogen) atoms. The summed E-state index contributed by atoms with van der Waals surface area (Å²) in [5, 5.41) is 7.18. The zero-order valence-corrected chi connectivity index (χ0v) is 11.9. The fraction of sp³-hybridized carbons (Fsp3) is 0.692. The van der Waals surface area contributed by atoms with Crippen molar-refractivity contribution in [1.29, 1.82) is 0 Å². The molecule has 0 aromatic carbocycles. The molecule has 4 nitrogen and oxygen atoms in total. The smallest absolute Gasteiger partial charge is 0.269 e. The second-order valence-electron chi connectivity index (χ2n) is 3.78. The lowest BCUT2D eigenvalue weighted by Gasteiger charge is -2.03. The molecule has 1 heterocycles. The number of carbonyl (C=O) groups excluding carboxylic acids is 1. The van der Waals surface area contributed by atoms with Crippen LogP contribution in [0.5, 0.6) is 0 Å². The third kappa shape index (κ3) is 4.21. The first-order valence-electron chi connectivity index (χ1n) is 6.46. The fourth-order valence-electron chi connectivity index (χ4n) is 1.39. The molecular formula is C13H25N3O. The van der Waals surface area contributed by atoms with Crippen LogP contribution >= 0.6 is 0 Å². The molecule has 4 heteroatoms. The van der Waals surface area contributed by atoms with Gasteiger partial charge in [0.15, 0.2) is 0 Å². The number of nitrogens with zero attached hydrogens (tertiary/aromatic N) is 2. The number of nitrogens with one attached hydrogen (secondary N) is 1. The van der Waals surface area contributed by atoms with Crippen molar-refractivity contribution in [3.8, 4) is 0 Å². The summed E-state index contributed by atoms with van der Waals surface area (Å²) >= 11 is 0. The lowest BCUT2D eigenvalue weighted by atomic mass is 10.1. The van der Waals surface area contributed by atoms with E-state index in [1.807, 2.05) is 33.8 Å². The van der Waals surface area contributed by atoms with Crippen molar-refractivity contribution in [3.05, 3.63) is 17.5 Å². The number of carbonyl (C=O) groups is 1. The Morgan fingerprint density at radius 2 is 2.00 bits per heavy atom. The first-order chi connectivity index (χ1) is 8.10. The van der Waals surface area contributed by atoms with E-state index in [0.29, 0.717) is 18.2 Å². The van der Waals surface area contributed by atoms with Gasteiger partial charge in [0.05, 0.1) is 5.69 Å². The van der Waals surface area contributed by atoms with E-state index in [2.05, 4.69) is 24.3 Å². The molecule has 1 aromatic rings. The van der Waals surface area contributed by atoms with Gasteiger partial charge in [0.2, 0.25) is 0 Å². The highest BCUT2D eigenvalue weighted by atomic mass is 16.2. The molecule has 0 spiro atoms. The topological polar surface area (TPSA) is 46.9 Å².